The number of carboxylic acid groups (broad SMARTS) is 1. The summed E-state index contributed by atoms with van der Waals surface area (Å²) in [6.45, 7) is -3.99. The summed E-state index contributed by atoms with van der Waals surface area (Å²) >= 11 is 6.27. The van der Waals surface area contributed by atoms with Crippen molar-refractivity contribution in [2.24, 2.45) is 0 Å². The molecule has 0 spiro atoms. The second-order valence-corrected chi connectivity index (χ2v) is 9.08. The van der Waals surface area contributed by atoms with Crippen LogP contribution in [0.2, 0.25) is 5.02 Å². The summed E-state index contributed by atoms with van der Waals surface area (Å²) in [4.78, 5) is 16.0. The molecule has 0 bridgehead atoms. The number of aliphatic hydroxyl groups excluding tert-OH is 3. The molecule has 186 valence electrons. The Morgan fingerprint density at radius 3 is 2.57 bits per heavy atom. The largest absolute Gasteiger partial charge is 0.479 e. The van der Waals surface area contributed by atoms with E-state index < -0.39 is 49.7 Å². The molecule has 2 fully saturated rings. The summed E-state index contributed by atoms with van der Waals surface area (Å²) in [7, 11) is 0. The SMILES string of the molecule is [2H]C1([2H])CC(=C2c3ccc(Cl)cc3CCc3cc(O[C@@H]4O[C@H](C(=O)O)[C@@H](O)[C@H](O)[C@H]4O)cnc32)CC([2H])([2H])N1. The molecule has 5 rings (SSSR count). The van der Waals surface area contributed by atoms with Crippen molar-refractivity contribution in [3.05, 3.63) is 63.4 Å². The highest BCUT2D eigenvalue weighted by Crippen LogP contribution is 2.39. The minimum Gasteiger partial charge on any atom is -0.479 e. The molecule has 2 aromatic rings. The number of carbonyl (C=O) groups is 1. The number of piperidine rings is 1. The first-order valence-electron chi connectivity index (χ1n) is 13.1. The van der Waals surface area contributed by atoms with Crippen molar-refractivity contribution in [1.82, 2.24) is 10.3 Å². The number of nitrogens with one attached hydrogen (secondary N) is 1. The Hall–Kier alpha value is -2.53. The Labute approximate surface area is 212 Å². The van der Waals surface area contributed by atoms with Gasteiger partial charge in [0.05, 0.1) is 11.9 Å². The first-order valence-corrected chi connectivity index (χ1v) is 11.5. The van der Waals surface area contributed by atoms with Crippen LogP contribution >= 0.6 is 11.6 Å². The summed E-state index contributed by atoms with van der Waals surface area (Å²) in [5, 5.41) is 42.6. The van der Waals surface area contributed by atoms with Crippen LogP contribution in [0.25, 0.3) is 5.57 Å². The van der Waals surface area contributed by atoms with Gasteiger partial charge in [0.2, 0.25) is 6.29 Å². The molecule has 10 heteroatoms. The predicted octanol–water partition coefficient (Wildman–Crippen LogP) is 1.29. The number of benzene rings is 1. The van der Waals surface area contributed by atoms with Crippen LogP contribution in [0.3, 0.4) is 0 Å². The fraction of sp³-hybridized carbons (Fsp3) is 0.440. The third kappa shape index (κ3) is 4.67. The third-order valence-corrected chi connectivity index (χ3v) is 6.61. The Balaban J connectivity index is 1.56. The molecular formula is C25H27ClN2O7. The molecule has 3 heterocycles. The van der Waals surface area contributed by atoms with E-state index >= 15 is 0 Å². The van der Waals surface area contributed by atoms with Gasteiger partial charge in [0.15, 0.2) is 6.10 Å². The van der Waals surface area contributed by atoms with E-state index in [0.717, 1.165) is 11.1 Å². The van der Waals surface area contributed by atoms with Crippen LogP contribution in [0.15, 0.2) is 36.0 Å². The molecule has 0 saturated carbocycles. The van der Waals surface area contributed by atoms with Gasteiger partial charge in [-0.3, -0.25) is 4.98 Å². The van der Waals surface area contributed by atoms with E-state index in [1.165, 1.54) is 6.20 Å². The van der Waals surface area contributed by atoms with E-state index in [2.05, 4.69) is 10.3 Å². The van der Waals surface area contributed by atoms with Crippen LogP contribution in [0.4, 0.5) is 0 Å². The van der Waals surface area contributed by atoms with Crippen molar-refractivity contribution >= 4 is 23.1 Å². The lowest BCUT2D eigenvalue weighted by atomic mass is 9.89. The predicted molar refractivity (Wildman–Crippen MR) is 126 cm³/mol. The lowest BCUT2D eigenvalue weighted by Gasteiger charge is -2.38. The molecule has 5 N–H and O–H groups in total. The van der Waals surface area contributed by atoms with Gasteiger partial charge < -0.3 is 35.2 Å². The van der Waals surface area contributed by atoms with Crippen LogP contribution < -0.4 is 10.1 Å². The van der Waals surface area contributed by atoms with Gasteiger partial charge in [-0.25, -0.2) is 4.79 Å². The maximum Gasteiger partial charge on any atom is 0.335 e. The number of pyridine rings is 1. The number of nitrogens with zero attached hydrogens (tertiary/aromatic N) is 1. The zero-order chi connectivity index (χ0) is 28.3. The summed E-state index contributed by atoms with van der Waals surface area (Å²) < 4.78 is 44.0. The molecule has 0 amide bonds. The number of carboxylic acids is 1. The lowest BCUT2D eigenvalue weighted by molar-refractivity contribution is -0.271. The summed E-state index contributed by atoms with van der Waals surface area (Å²) in [6.07, 6.45) is -6.63. The molecule has 9 nitrogen and oxygen atoms in total. The van der Waals surface area contributed by atoms with E-state index in [0.29, 0.717) is 40.3 Å². The highest BCUT2D eigenvalue weighted by molar-refractivity contribution is 6.30. The fourth-order valence-corrected chi connectivity index (χ4v) is 4.82. The topological polar surface area (TPSA) is 141 Å². The maximum atomic E-state index is 11.4. The molecule has 5 atom stereocenters. The number of halogens is 1. The molecule has 3 aliphatic rings. The van der Waals surface area contributed by atoms with Crippen molar-refractivity contribution in [2.75, 3.05) is 13.0 Å². The number of aliphatic hydroxyl groups is 3. The molecule has 1 aliphatic carbocycles. The highest BCUT2D eigenvalue weighted by atomic mass is 35.5. The van der Waals surface area contributed by atoms with Crippen molar-refractivity contribution in [3.8, 4) is 5.75 Å². The monoisotopic (exact) mass is 506 g/mol. The van der Waals surface area contributed by atoms with Crippen LogP contribution in [-0.4, -0.2) is 75.1 Å². The first kappa shape index (κ1) is 19.6. The van der Waals surface area contributed by atoms with Crippen LogP contribution in [0, 0.1) is 0 Å². The average molecular weight is 507 g/mol. The van der Waals surface area contributed by atoms with E-state index in [-0.39, 0.29) is 18.6 Å². The summed E-state index contributed by atoms with van der Waals surface area (Å²) in [5.74, 6) is -1.42. The van der Waals surface area contributed by atoms with Crippen molar-refractivity contribution < 1.29 is 40.2 Å². The normalized spacial score (nSPS) is 33.2. The molecule has 0 unspecified atom stereocenters. The Bertz CT molecular complexity index is 1320. The van der Waals surface area contributed by atoms with E-state index in [1.807, 2.05) is 12.1 Å². The zero-order valence-electron chi connectivity index (χ0n) is 22.4. The summed E-state index contributed by atoms with van der Waals surface area (Å²) in [5.41, 5.74) is 4.00. The van der Waals surface area contributed by atoms with Gasteiger partial charge >= 0.3 is 5.97 Å². The number of aliphatic carboxylic acids is 1. The molecule has 0 radical (unpaired) electrons. The van der Waals surface area contributed by atoms with Crippen LogP contribution in [0.5, 0.6) is 5.75 Å². The molecule has 2 aliphatic heterocycles. The minimum atomic E-state index is -1.99. The minimum absolute atomic E-state index is 0.0673. The maximum absolute atomic E-state index is 11.4. The number of fused-ring (bicyclic) bond motifs is 2. The van der Waals surface area contributed by atoms with Crippen molar-refractivity contribution in [2.45, 2.75) is 56.4 Å². The number of hydrogen-bond acceptors (Lipinski definition) is 8. The van der Waals surface area contributed by atoms with Crippen LogP contribution in [0.1, 0.15) is 40.7 Å². The smallest absolute Gasteiger partial charge is 0.335 e. The Kier molecular flexibility index (Phi) is 5.52. The number of aryl methyl sites for hydroxylation is 2. The standard InChI is InChI=1S/C25H27ClN2O7/c26-15-3-4-17-13(9-15)1-2-14-10-16(11-28-19(14)18(17)12-5-7-27-8-6-12)34-25-22(31)20(29)21(30)23(35-25)24(32)33/h3-4,9-11,20-23,25,27,29-31H,1-2,5-8H2,(H,32,33)/t20-,21-,22+,23-,25+/m0/s1/i7D2,8D2. The summed E-state index contributed by atoms with van der Waals surface area (Å²) in [6, 6.07) is 6.98. The number of rotatable bonds is 3. The van der Waals surface area contributed by atoms with Gasteiger partial charge in [0, 0.05) is 16.1 Å². The zero-order valence-corrected chi connectivity index (χ0v) is 19.2. The van der Waals surface area contributed by atoms with Gasteiger partial charge in [0.1, 0.15) is 24.1 Å². The van der Waals surface area contributed by atoms with Crippen molar-refractivity contribution in [3.63, 3.8) is 0 Å². The van der Waals surface area contributed by atoms with E-state index in [1.54, 1.807) is 12.1 Å². The second kappa shape index (κ2) is 9.85. The molecule has 1 aromatic heterocycles. The number of ether oxygens (including phenoxy) is 2. The lowest BCUT2D eigenvalue weighted by Crippen LogP contribution is -2.61. The average Bonchev–Trinajstić information content (AvgIpc) is 2.98. The van der Waals surface area contributed by atoms with E-state index in [4.69, 9.17) is 26.6 Å². The van der Waals surface area contributed by atoms with E-state index in [9.17, 15) is 25.2 Å². The highest BCUT2D eigenvalue weighted by Gasteiger charge is 2.48. The second-order valence-electron chi connectivity index (χ2n) is 8.64. The molecular weight excluding hydrogens is 476 g/mol. The third-order valence-electron chi connectivity index (χ3n) is 6.38. The van der Waals surface area contributed by atoms with Gasteiger partial charge in [-0.2, -0.15) is 0 Å². The van der Waals surface area contributed by atoms with Gasteiger partial charge in [-0.15, -0.1) is 0 Å². The molecule has 35 heavy (non-hydrogen) atoms. The van der Waals surface area contributed by atoms with Gasteiger partial charge in [-0.1, -0.05) is 23.2 Å². The Morgan fingerprint density at radius 2 is 1.83 bits per heavy atom. The first-order chi connectivity index (χ1) is 18.2. The quantitative estimate of drug-likeness (QED) is 0.416. The fourth-order valence-electron chi connectivity index (χ4n) is 4.62. The molecule has 2 saturated heterocycles. The van der Waals surface area contributed by atoms with Gasteiger partial charge in [-0.05, 0) is 73.6 Å². The Morgan fingerprint density at radius 1 is 1.09 bits per heavy atom. The van der Waals surface area contributed by atoms with Gasteiger partial charge in [0.25, 0.3) is 0 Å². The van der Waals surface area contributed by atoms with Crippen LogP contribution in [-0.2, 0) is 22.4 Å². The number of hydrogen-bond donors (Lipinski definition) is 5. The number of aromatic nitrogens is 1. The molecule has 1 aromatic carbocycles. The van der Waals surface area contributed by atoms with Crippen molar-refractivity contribution in [1.29, 1.82) is 0 Å².